The van der Waals surface area contributed by atoms with Crippen LogP contribution in [0.2, 0.25) is 0 Å². The van der Waals surface area contributed by atoms with Gasteiger partial charge in [-0.15, -0.1) is 0 Å². The molecule has 2 spiro atoms. The van der Waals surface area contributed by atoms with Crippen LogP contribution in [0.15, 0.2) is 0 Å². The summed E-state index contributed by atoms with van der Waals surface area (Å²) in [5.41, 5.74) is 0.509. The Bertz CT molecular complexity index is 1060. The molecule has 6 fully saturated rings. The highest BCUT2D eigenvalue weighted by molar-refractivity contribution is 5.87. The molecule has 40 heavy (non-hydrogen) atoms. The largest absolute Gasteiger partial charge is 0.458 e. The van der Waals surface area contributed by atoms with E-state index < -0.39 is 29.9 Å². The number of carbonyl (C=O) groups excluding carboxylic acids is 3. The SMILES string of the molecule is CC(=O)O[C@@H]([C@@H](OC(C)=O)C(=O)C(C)C)[C@@H](C)C1CC[C@H]2[C@@H]3CC4(OCCO4)[C@]45C[C@H]4CC[C@]5(C)[C@H]3CC[C@]12C. The second kappa shape index (κ2) is 9.52. The molecule has 0 aromatic carbocycles. The molecular weight excluding hydrogens is 508 g/mol. The van der Waals surface area contributed by atoms with E-state index in [1.807, 2.05) is 0 Å². The number of ketones is 1. The molecule has 11 atom stereocenters. The maximum atomic E-state index is 13.3. The number of Topliss-reactive ketones (excluding diaryl/α,β-unsaturated/α-hetero) is 1. The summed E-state index contributed by atoms with van der Waals surface area (Å²) in [5, 5.41) is 0. The van der Waals surface area contributed by atoms with Crippen LogP contribution in [0.1, 0.15) is 99.8 Å². The van der Waals surface area contributed by atoms with Crippen LogP contribution in [-0.4, -0.2) is 48.9 Å². The smallest absolute Gasteiger partial charge is 0.303 e. The van der Waals surface area contributed by atoms with Gasteiger partial charge in [-0.2, -0.15) is 0 Å². The van der Waals surface area contributed by atoms with Gasteiger partial charge in [0, 0.05) is 37.5 Å². The second-order valence-corrected chi connectivity index (χ2v) is 15.1. The number of rotatable bonds is 7. The summed E-state index contributed by atoms with van der Waals surface area (Å²) < 4.78 is 24.8. The number of hydrogen-bond donors (Lipinski definition) is 0. The van der Waals surface area contributed by atoms with E-state index in [9.17, 15) is 14.4 Å². The van der Waals surface area contributed by atoms with Crippen LogP contribution in [0, 0.1) is 57.7 Å². The van der Waals surface area contributed by atoms with Crippen molar-refractivity contribution >= 4 is 17.7 Å². The molecule has 0 radical (unpaired) electrons. The Kier molecular flexibility index (Phi) is 6.82. The molecule has 0 aromatic rings. The molecule has 1 aliphatic heterocycles. The first-order valence-corrected chi connectivity index (χ1v) is 16.0. The van der Waals surface area contributed by atoms with Gasteiger partial charge in [-0.1, -0.05) is 34.6 Å². The van der Waals surface area contributed by atoms with Crippen LogP contribution < -0.4 is 0 Å². The first-order valence-electron chi connectivity index (χ1n) is 16.0. The fourth-order valence-corrected chi connectivity index (χ4v) is 11.7. The minimum atomic E-state index is -1.09. The molecule has 1 saturated heterocycles. The van der Waals surface area contributed by atoms with Crippen molar-refractivity contribution in [3.63, 3.8) is 0 Å². The number of fused-ring (bicyclic) bond motifs is 4. The van der Waals surface area contributed by atoms with Gasteiger partial charge in [-0.05, 0) is 85.4 Å². The van der Waals surface area contributed by atoms with Gasteiger partial charge in [0.2, 0.25) is 0 Å². The summed E-state index contributed by atoms with van der Waals surface area (Å²) >= 11 is 0. The molecule has 0 amide bonds. The van der Waals surface area contributed by atoms with Crippen LogP contribution in [0.25, 0.3) is 0 Å². The van der Waals surface area contributed by atoms with Crippen molar-refractivity contribution in [2.75, 3.05) is 13.2 Å². The molecule has 0 N–H and O–H groups in total. The lowest BCUT2D eigenvalue weighted by Crippen LogP contribution is -2.62. The quantitative estimate of drug-likeness (QED) is 0.369. The maximum Gasteiger partial charge on any atom is 0.303 e. The van der Waals surface area contributed by atoms with Crippen LogP contribution in [0.5, 0.6) is 0 Å². The molecule has 5 aliphatic carbocycles. The third kappa shape index (κ3) is 3.77. The predicted molar refractivity (Wildman–Crippen MR) is 148 cm³/mol. The zero-order chi connectivity index (χ0) is 28.8. The van der Waals surface area contributed by atoms with Crippen LogP contribution in [0.3, 0.4) is 0 Å². The van der Waals surface area contributed by atoms with E-state index in [4.69, 9.17) is 18.9 Å². The van der Waals surface area contributed by atoms with Crippen LogP contribution in [0.4, 0.5) is 0 Å². The topological polar surface area (TPSA) is 88.1 Å². The first-order chi connectivity index (χ1) is 18.8. The summed E-state index contributed by atoms with van der Waals surface area (Å²) in [6.07, 6.45) is 7.47. The molecular formula is C33H50O7. The summed E-state index contributed by atoms with van der Waals surface area (Å²) in [7, 11) is 0. The van der Waals surface area contributed by atoms with Crippen molar-refractivity contribution in [1.29, 1.82) is 0 Å². The molecule has 224 valence electrons. The molecule has 6 rings (SSSR count). The Morgan fingerprint density at radius 1 is 0.825 bits per heavy atom. The van der Waals surface area contributed by atoms with E-state index >= 15 is 0 Å². The summed E-state index contributed by atoms with van der Waals surface area (Å²) in [5.74, 6) is 0.706. The molecule has 0 aromatic heterocycles. The van der Waals surface area contributed by atoms with E-state index in [-0.39, 0.29) is 39.8 Å². The molecule has 7 heteroatoms. The van der Waals surface area contributed by atoms with Crippen molar-refractivity contribution in [1.82, 2.24) is 0 Å². The van der Waals surface area contributed by atoms with Crippen LogP contribution >= 0.6 is 0 Å². The molecule has 0 bridgehead atoms. The average Bonchev–Trinajstić information content (AvgIpc) is 3.13. The Hall–Kier alpha value is -1.47. The zero-order valence-corrected chi connectivity index (χ0v) is 25.6. The highest BCUT2D eigenvalue weighted by atomic mass is 16.7. The maximum absolute atomic E-state index is 13.3. The summed E-state index contributed by atoms with van der Waals surface area (Å²) in [4.78, 5) is 37.7. The van der Waals surface area contributed by atoms with E-state index in [0.717, 1.165) is 31.6 Å². The first kappa shape index (κ1) is 28.6. The lowest BCUT2D eigenvalue weighted by atomic mass is 9.44. The van der Waals surface area contributed by atoms with E-state index in [2.05, 4.69) is 20.8 Å². The van der Waals surface area contributed by atoms with Gasteiger partial charge in [0.1, 0.15) is 6.10 Å². The summed E-state index contributed by atoms with van der Waals surface area (Å²) in [6.45, 7) is 14.8. The molecule has 5 saturated carbocycles. The fourth-order valence-electron chi connectivity index (χ4n) is 11.7. The van der Waals surface area contributed by atoms with E-state index in [0.29, 0.717) is 31.0 Å². The van der Waals surface area contributed by atoms with Gasteiger partial charge in [0.05, 0.1) is 13.2 Å². The van der Waals surface area contributed by atoms with Crippen molar-refractivity contribution in [3.8, 4) is 0 Å². The number of ether oxygens (including phenoxy) is 4. The predicted octanol–water partition coefficient (Wildman–Crippen LogP) is 5.72. The van der Waals surface area contributed by atoms with Crippen molar-refractivity contribution in [3.05, 3.63) is 0 Å². The monoisotopic (exact) mass is 558 g/mol. The van der Waals surface area contributed by atoms with Crippen LogP contribution in [-0.2, 0) is 33.3 Å². The van der Waals surface area contributed by atoms with Crippen molar-refractivity contribution in [2.24, 2.45) is 57.7 Å². The molecule has 1 heterocycles. The third-order valence-corrected chi connectivity index (χ3v) is 13.3. The van der Waals surface area contributed by atoms with Gasteiger partial charge >= 0.3 is 11.9 Å². The molecule has 7 nitrogen and oxygen atoms in total. The Labute approximate surface area is 239 Å². The standard InChI is InChI=1S/C33H50O7/c1-18(2)27(36)29(40-21(5)35)28(39-20(4)34)19(3)24-8-9-25-23-17-33(37-14-15-38-33)32-16-22(32)10-13-31(32,7)26(23)11-12-30(24,25)6/h18-19,22-26,28-29H,8-17H2,1-7H3/t19-,22+,23-,24?,25-,26-,28+,29-,30+,31+,32+/m0/s1. The van der Waals surface area contributed by atoms with Crippen molar-refractivity contribution < 1.29 is 33.3 Å². The second-order valence-electron chi connectivity index (χ2n) is 15.1. The summed E-state index contributed by atoms with van der Waals surface area (Å²) in [6, 6.07) is 0. The third-order valence-electron chi connectivity index (χ3n) is 13.3. The van der Waals surface area contributed by atoms with E-state index in [1.165, 1.54) is 39.5 Å². The minimum Gasteiger partial charge on any atom is -0.458 e. The Balaban J connectivity index is 1.31. The number of hydrogen-bond acceptors (Lipinski definition) is 7. The number of esters is 2. The molecule has 1 unspecified atom stereocenters. The van der Waals surface area contributed by atoms with Gasteiger partial charge in [-0.25, -0.2) is 0 Å². The van der Waals surface area contributed by atoms with Gasteiger partial charge < -0.3 is 18.9 Å². The number of carbonyl (C=O) groups is 3. The van der Waals surface area contributed by atoms with Gasteiger partial charge in [0.15, 0.2) is 17.7 Å². The average molecular weight is 559 g/mol. The highest BCUT2D eigenvalue weighted by Crippen LogP contribution is 2.85. The molecule has 6 aliphatic rings. The fraction of sp³-hybridized carbons (Fsp3) is 0.909. The van der Waals surface area contributed by atoms with Crippen molar-refractivity contribution in [2.45, 2.75) is 118 Å². The zero-order valence-electron chi connectivity index (χ0n) is 25.6. The highest BCUT2D eigenvalue weighted by Gasteiger charge is 2.84. The normalized spacial score (nSPS) is 44.6. The van der Waals surface area contributed by atoms with E-state index in [1.54, 1.807) is 13.8 Å². The Morgan fingerprint density at radius 3 is 2.10 bits per heavy atom. The van der Waals surface area contributed by atoms with Gasteiger partial charge in [0.25, 0.3) is 0 Å². The minimum absolute atomic E-state index is 0.0445. The Morgan fingerprint density at radius 2 is 1.50 bits per heavy atom. The lowest BCUT2D eigenvalue weighted by molar-refractivity contribution is -0.294. The van der Waals surface area contributed by atoms with Gasteiger partial charge in [-0.3, -0.25) is 14.4 Å². The lowest BCUT2D eigenvalue weighted by Gasteiger charge is -2.63.